The van der Waals surface area contributed by atoms with Gasteiger partial charge in [0.25, 0.3) is 5.91 Å². The van der Waals surface area contributed by atoms with Crippen LogP contribution in [0.4, 0.5) is 0 Å². The molecule has 2 bridgehead atoms. The first-order valence-electron chi connectivity index (χ1n) is 7.76. The minimum absolute atomic E-state index is 0.0596. The van der Waals surface area contributed by atoms with Gasteiger partial charge in [0.2, 0.25) is 0 Å². The molecule has 114 valence electrons. The standard InChI is InChI=1S/C17H19N3OS/c1-2-12-10-22-16-7-18-15(6-14(12)16)17(21)19-13-5-11-3-4-20(8-11)9-13/h2,6-7,10-11,13H,1,3-5,8-9H2,(H,19,21)/t11-,13-/m1/s1. The predicted molar refractivity (Wildman–Crippen MR) is 90.1 cm³/mol. The van der Waals surface area contributed by atoms with E-state index >= 15 is 0 Å². The average Bonchev–Trinajstić information content (AvgIpc) is 3.09. The van der Waals surface area contributed by atoms with E-state index in [-0.39, 0.29) is 11.9 Å². The summed E-state index contributed by atoms with van der Waals surface area (Å²) in [6.07, 6.45) is 5.98. The van der Waals surface area contributed by atoms with E-state index in [4.69, 9.17) is 0 Å². The summed E-state index contributed by atoms with van der Waals surface area (Å²) < 4.78 is 1.09. The predicted octanol–water partition coefficient (Wildman–Crippen LogP) is 2.76. The highest BCUT2D eigenvalue weighted by molar-refractivity contribution is 7.17. The van der Waals surface area contributed by atoms with Crippen LogP contribution in [0.3, 0.4) is 0 Å². The van der Waals surface area contributed by atoms with Gasteiger partial charge in [-0.3, -0.25) is 4.79 Å². The van der Waals surface area contributed by atoms with E-state index in [9.17, 15) is 4.79 Å². The van der Waals surface area contributed by atoms with Gasteiger partial charge in [-0.15, -0.1) is 11.3 Å². The van der Waals surface area contributed by atoms with Crippen LogP contribution in [-0.2, 0) is 0 Å². The average molecular weight is 313 g/mol. The van der Waals surface area contributed by atoms with Crippen molar-refractivity contribution in [3.05, 3.63) is 35.5 Å². The van der Waals surface area contributed by atoms with Gasteiger partial charge in [-0.05, 0) is 42.3 Å². The van der Waals surface area contributed by atoms with Gasteiger partial charge in [-0.25, -0.2) is 4.98 Å². The summed E-state index contributed by atoms with van der Waals surface area (Å²) in [5, 5.41) is 6.28. The SMILES string of the molecule is C=Cc1csc2cnc(C(=O)N[C@@H]3C[C@H]4CCN(C4)C3)cc12. The van der Waals surface area contributed by atoms with Gasteiger partial charge in [0.1, 0.15) is 5.69 Å². The van der Waals surface area contributed by atoms with Crippen LogP contribution >= 0.6 is 11.3 Å². The Kier molecular flexibility index (Phi) is 3.47. The molecule has 3 atom stereocenters. The van der Waals surface area contributed by atoms with E-state index < -0.39 is 0 Å². The molecule has 4 nitrogen and oxygen atoms in total. The molecule has 2 aliphatic heterocycles. The van der Waals surface area contributed by atoms with Crippen LogP contribution in [0.1, 0.15) is 28.9 Å². The molecule has 5 heteroatoms. The number of thiophene rings is 1. The molecular formula is C17H19N3OS. The van der Waals surface area contributed by atoms with Crippen molar-refractivity contribution in [1.29, 1.82) is 0 Å². The maximum atomic E-state index is 12.5. The lowest BCUT2D eigenvalue weighted by Crippen LogP contribution is -2.47. The molecule has 0 saturated carbocycles. The van der Waals surface area contributed by atoms with Crippen molar-refractivity contribution in [2.24, 2.45) is 5.92 Å². The largest absolute Gasteiger partial charge is 0.347 e. The third-order valence-electron chi connectivity index (χ3n) is 4.75. The first kappa shape index (κ1) is 13.9. The molecule has 2 aromatic rings. The van der Waals surface area contributed by atoms with Crippen molar-refractivity contribution >= 4 is 33.4 Å². The zero-order valence-corrected chi connectivity index (χ0v) is 13.2. The van der Waals surface area contributed by atoms with Crippen molar-refractivity contribution < 1.29 is 4.79 Å². The van der Waals surface area contributed by atoms with Crippen LogP contribution in [-0.4, -0.2) is 41.5 Å². The fourth-order valence-corrected chi connectivity index (χ4v) is 4.55. The summed E-state index contributed by atoms with van der Waals surface area (Å²) in [4.78, 5) is 19.3. The third-order valence-corrected chi connectivity index (χ3v) is 5.70. The Morgan fingerprint density at radius 1 is 1.50 bits per heavy atom. The van der Waals surface area contributed by atoms with Gasteiger partial charge in [-0.2, -0.15) is 0 Å². The van der Waals surface area contributed by atoms with E-state index in [0.717, 1.165) is 34.5 Å². The number of aromatic nitrogens is 1. The number of carbonyl (C=O) groups excluding carboxylic acids is 1. The monoisotopic (exact) mass is 313 g/mol. The first-order chi connectivity index (χ1) is 10.7. The first-order valence-corrected chi connectivity index (χ1v) is 8.64. The molecule has 1 amide bonds. The zero-order valence-electron chi connectivity index (χ0n) is 12.4. The fraction of sp³-hybridized carbons (Fsp3) is 0.412. The minimum Gasteiger partial charge on any atom is -0.347 e. The molecule has 0 spiro atoms. The molecule has 4 heterocycles. The molecule has 4 rings (SSSR count). The number of piperidine rings is 1. The molecule has 1 unspecified atom stereocenters. The summed E-state index contributed by atoms with van der Waals surface area (Å²) in [6, 6.07) is 2.14. The Balaban J connectivity index is 1.53. The lowest BCUT2D eigenvalue weighted by Gasteiger charge is -2.30. The van der Waals surface area contributed by atoms with Crippen LogP contribution in [0.15, 0.2) is 24.2 Å². The van der Waals surface area contributed by atoms with Crippen LogP contribution < -0.4 is 5.32 Å². The summed E-state index contributed by atoms with van der Waals surface area (Å²) in [5.74, 6) is 0.689. The van der Waals surface area contributed by atoms with E-state index in [1.807, 2.05) is 17.5 Å². The number of amides is 1. The van der Waals surface area contributed by atoms with Crippen molar-refractivity contribution in [1.82, 2.24) is 15.2 Å². The minimum atomic E-state index is -0.0596. The third kappa shape index (κ3) is 2.44. The second-order valence-electron chi connectivity index (χ2n) is 6.28. The summed E-state index contributed by atoms with van der Waals surface area (Å²) >= 11 is 1.63. The topological polar surface area (TPSA) is 45.2 Å². The number of fused-ring (bicyclic) bond motifs is 3. The highest BCUT2D eigenvalue weighted by Gasteiger charge is 2.33. The van der Waals surface area contributed by atoms with Crippen LogP contribution in [0.2, 0.25) is 0 Å². The maximum Gasteiger partial charge on any atom is 0.270 e. The second-order valence-corrected chi connectivity index (χ2v) is 7.19. The number of hydrogen-bond donors (Lipinski definition) is 1. The van der Waals surface area contributed by atoms with E-state index in [1.165, 1.54) is 19.5 Å². The Bertz CT molecular complexity index is 727. The highest BCUT2D eigenvalue weighted by atomic mass is 32.1. The van der Waals surface area contributed by atoms with Gasteiger partial charge in [-0.1, -0.05) is 12.7 Å². The second kappa shape index (κ2) is 5.48. The van der Waals surface area contributed by atoms with Crippen LogP contribution in [0.5, 0.6) is 0 Å². The Hall–Kier alpha value is -1.72. The van der Waals surface area contributed by atoms with E-state index in [0.29, 0.717) is 5.69 Å². The number of nitrogens with one attached hydrogen (secondary N) is 1. The maximum absolute atomic E-state index is 12.5. The molecule has 0 radical (unpaired) electrons. The fourth-order valence-electron chi connectivity index (χ4n) is 3.66. The van der Waals surface area contributed by atoms with Gasteiger partial charge < -0.3 is 10.2 Å². The zero-order chi connectivity index (χ0) is 15.1. The van der Waals surface area contributed by atoms with Gasteiger partial charge >= 0.3 is 0 Å². The summed E-state index contributed by atoms with van der Waals surface area (Å²) in [7, 11) is 0. The number of nitrogens with zero attached hydrogens (tertiary/aromatic N) is 2. The quantitative estimate of drug-likeness (QED) is 0.948. The lowest BCUT2D eigenvalue weighted by molar-refractivity contribution is 0.0904. The normalized spacial score (nSPS) is 27.0. The number of rotatable bonds is 3. The molecule has 0 aliphatic carbocycles. The van der Waals surface area contributed by atoms with Gasteiger partial charge in [0.15, 0.2) is 0 Å². The smallest absolute Gasteiger partial charge is 0.270 e. The summed E-state index contributed by atoms with van der Waals surface area (Å²) in [6.45, 7) is 7.18. The Morgan fingerprint density at radius 2 is 2.41 bits per heavy atom. The Labute approximate surface area is 133 Å². The molecule has 1 N–H and O–H groups in total. The van der Waals surface area contributed by atoms with Crippen molar-refractivity contribution in [3.63, 3.8) is 0 Å². The lowest BCUT2D eigenvalue weighted by atomic mass is 9.97. The van der Waals surface area contributed by atoms with Crippen molar-refractivity contribution in [2.45, 2.75) is 18.9 Å². The molecule has 2 aliphatic rings. The van der Waals surface area contributed by atoms with Crippen LogP contribution in [0.25, 0.3) is 16.2 Å². The molecular weight excluding hydrogens is 294 g/mol. The van der Waals surface area contributed by atoms with Crippen molar-refractivity contribution in [2.75, 3.05) is 19.6 Å². The molecule has 22 heavy (non-hydrogen) atoms. The Morgan fingerprint density at radius 3 is 3.23 bits per heavy atom. The number of hydrogen-bond acceptors (Lipinski definition) is 4. The number of pyridine rings is 1. The highest BCUT2D eigenvalue weighted by Crippen LogP contribution is 2.28. The summed E-state index contributed by atoms with van der Waals surface area (Å²) in [5.41, 5.74) is 1.57. The molecule has 0 aromatic carbocycles. The molecule has 2 fully saturated rings. The van der Waals surface area contributed by atoms with E-state index in [2.05, 4.69) is 21.8 Å². The molecule has 2 aromatic heterocycles. The van der Waals surface area contributed by atoms with Gasteiger partial charge in [0, 0.05) is 30.7 Å². The van der Waals surface area contributed by atoms with Gasteiger partial charge in [0.05, 0.1) is 4.70 Å². The number of carbonyl (C=O) groups is 1. The molecule has 2 saturated heterocycles. The van der Waals surface area contributed by atoms with Crippen molar-refractivity contribution in [3.8, 4) is 0 Å². The van der Waals surface area contributed by atoms with Crippen LogP contribution in [0, 0.1) is 5.92 Å². The van der Waals surface area contributed by atoms with E-state index in [1.54, 1.807) is 17.5 Å².